The van der Waals surface area contributed by atoms with Gasteiger partial charge in [-0.15, -0.1) is 0 Å². The zero-order valence-electron chi connectivity index (χ0n) is 11.6. The standard InChI is InChI=1S/C13H21N3O2S/c1-13(2)6-11(13)9-16-19(17,18)12-5-4-10(7-14-3)8-15-12/h4-5,8,11,14,16H,6-7,9H2,1-3H3. The van der Waals surface area contributed by atoms with Gasteiger partial charge in [0.2, 0.25) is 0 Å². The van der Waals surface area contributed by atoms with Crippen LogP contribution in [0.3, 0.4) is 0 Å². The van der Waals surface area contributed by atoms with Gasteiger partial charge in [0.25, 0.3) is 10.0 Å². The van der Waals surface area contributed by atoms with Gasteiger partial charge in [0.1, 0.15) is 0 Å². The van der Waals surface area contributed by atoms with Gasteiger partial charge in [-0.05, 0) is 36.4 Å². The van der Waals surface area contributed by atoms with E-state index >= 15 is 0 Å². The van der Waals surface area contributed by atoms with Crippen molar-refractivity contribution in [3.63, 3.8) is 0 Å². The second-order valence-corrected chi connectivity index (χ2v) is 7.49. The summed E-state index contributed by atoms with van der Waals surface area (Å²) in [6, 6.07) is 3.33. The molecule has 0 aliphatic heterocycles. The van der Waals surface area contributed by atoms with E-state index in [1.165, 1.54) is 0 Å². The van der Waals surface area contributed by atoms with E-state index in [0.717, 1.165) is 12.0 Å². The number of hydrogen-bond donors (Lipinski definition) is 2. The van der Waals surface area contributed by atoms with Gasteiger partial charge in [-0.2, -0.15) is 0 Å². The van der Waals surface area contributed by atoms with Crippen LogP contribution in [0.15, 0.2) is 23.4 Å². The van der Waals surface area contributed by atoms with Crippen LogP contribution in [-0.2, 0) is 16.6 Å². The van der Waals surface area contributed by atoms with Crippen molar-refractivity contribution in [3.05, 3.63) is 23.9 Å². The molecule has 0 aromatic carbocycles. The number of nitrogens with zero attached hydrogens (tertiary/aromatic N) is 1. The molecule has 0 spiro atoms. The van der Waals surface area contributed by atoms with Crippen LogP contribution in [0, 0.1) is 11.3 Å². The number of aromatic nitrogens is 1. The first kappa shape index (κ1) is 14.4. The molecule has 1 unspecified atom stereocenters. The van der Waals surface area contributed by atoms with Gasteiger partial charge < -0.3 is 5.32 Å². The molecule has 0 radical (unpaired) electrons. The summed E-state index contributed by atoms with van der Waals surface area (Å²) < 4.78 is 26.7. The minimum atomic E-state index is -3.48. The molecule has 1 atom stereocenters. The summed E-state index contributed by atoms with van der Waals surface area (Å²) in [5.74, 6) is 0.436. The Morgan fingerprint density at radius 2 is 2.11 bits per heavy atom. The fourth-order valence-corrected chi connectivity index (χ4v) is 3.09. The summed E-state index contributed by atoms with van der Waals surface area (Å²) in [7, 11) is -1.64. The molecule has 1 aromatic rings. The van der Waals surface area contributed by atoms with Crippen LogP contribution in [0.2, 0.25) is 0 Å². The fraction of sp³-hybridized carbons (Fsp3) is 0.615. The van der Waals surface area contributed by atoms with E-state index in [1.54, 1.807) is 18.3 Å². The maximum absolute atomic E-state index is 12.1. The lowest BCUT2D eigenvalue weighted by Gasteiger charge is -2.08. The Kier molecular flexibility index (Phi) is 3.94. The van der Waals surface area contributed by atoms with Gasteiger partial charge in [-0.3, -0.25) is 0 Å². The monoisotopic (exact) mass is 283 g/mol. The summed E-state index contributed by atoms with van der Waals surface area (Å²) in [6.45, 7) is 5.47. The molecule has 0 amide bonds. The number of nitrogens with one attached hydrogen (secondary N) is 2. The average Bonchev–Trinajstić information content (AvgIpc) is 2.96. The zero-order chi connectivity index (χ0) is 14.1. The van der Waals surface area contributed by atoms with Crippen molar-refractivity contribution < 1.29 is 8.42 Å². The largest absolute Gasteiger partial charge is 0.316 e. The van der Waals surface area contributed by atoms with Gasteiger partial charge in [-0.1, -0.05) is 19.9 Å². The van der Waals surface area contributed by atoms with Gasteiger partial charge in [0.15, 0.2) is 5.03 Å². The van der Waals surface area contributed by atoms with Crippen LogP contribution in [0.5, 0.6) is 0 Å². The van der Waals surface area contributed by atoms with E-state index in [1.807, 2.05) is 7.05 Å². The Bertz CT molecular complexity index is 538. The predicted molar refractivity (Wildman–Crippen MR) is 74.1 cm³/mol. The third-order valence-electron chi connectivity index (χ3n) is 3.69. The van der Waals surface area contributed by atoms with Crippen LogP contribution < -0.4 is 10.0 Å². The van der Waals surface area contributed by atoms with E-state index in [2.05, 4.69) is 28.9 Å². The lowest BCUT2D eigenvalue weighted by molar-refractivity contribution is 0.536. The van der Waals surface area contributed by atoms with Crippen molar-refractivity contribution in [1.29, 1.82) is 0 Å². The van der Waals surface area contributed by atoms with Gasteiger partial charge in [0, 0.05) is 19.3 Å². The molecule has 106 valence electrons. The smallest absolute Gasteiger partial charge is 0.258 e. The molecule has 2 N–H and O–H groups in total. The quantitative estimate of drug-likeness (QED) is 0.821. The number of sulfonamides is 1. The molecule has 2 rings (SSSR count). The van der Waals surface area contributed by atoms with Crippen LogP contribution in [-0.4, -0.2) is 27.0 Å². The van der Waals surface area contributed by atoms with Gasteiger partial charge in [0.05, 0.1) is 0 Å². The zero-order valence-corrected chi connectivity index (χ0v) is 12.4. The highest BCUT2D eigenvalue weighted by Crippen LogP contribution is 2.51. The molecule has 0 bridgehead atoms. The molecule has 19 heavy (non-hydrogen) atoms. The molecule has 1 saturated carbocycles. The highest BCUT2D eigenvalue weighted by molar-refractivity contribution is 7.89. The first-order chi connectivity index (χ1) is 8.85. The molecule has 1 aliphatic carbocycles. The molecule has 0 saturated heterocycles. The third kappa shape index (κ3) is 3.52. The van der Waals surface area contributed by atoms with Crippen molar-refractivity contribution in [2.45, 2.75) is 31.8 Å². The van der Waals surface area contributed by atoms with Gasteiger partial charge >= 0.3 is 0 Å². The summed E-state index contributed by atoms with van der Waals surface area (Å²) in [6.07, 6.45) is 2.66. The Balaban J connectivity index is 1.99. The van der Waals surface area contributed by atoms with E-state index in [9.17, 15) is 8.42 Å². The minimum Gasteiger partial charge on any atom is -0.316 e. The molecular formula is C13H21N3O2S. The Morgan fingerprint density at radius 1 is 1.42 bits per heavy atom. The summed E-state index contributed by atoms with van der Waals surface area (Å²) in [4.78, 5) is 4.01. The van der Waals surface area contributed by atoms with Crippen molar-refractivity contribution >= 4 is 10.0 Å². The predicted octanol–water partition coefficient (Wildman–Crippen LogP) is 1.13. The van der Waals surface area contributed by atoms with Crippen LogP contribution >= 0.6 is 0 Å². The minimum absolute atomic E-state index is 0.0887. The normalized spacial score (nSPS) is 21.3. The van der Waals surface area contributed by atoms with E-state index in [-0.39, 0.29) is 10.4 Å². The number of pyridine rings is 1. The summed E-state index contributed by atoms with van der Waals surface area (Å²) in [5, 5.41) is 3.08. The second kappa shape index (κ2) is 5.19. The second-order valence-electron chi connectivity index (χ2n) is 5.78. The van der Waals surface area contributed by atoms with Crippen molar-refractivity contribution in [2.75, 3.05) is 13.6 Å². The molecule has 5 nitrogen and oxygen atoms in total. The molecule has 1 fully saturated rings. The maximum atomic E-state index is 12.1. The lowest BCUT2D eigenvalue weighted by Crippen LogP contribution is -2.27. The first-order valence-electron chi connectivity index (χ1n) is 6.44. The number of hydrogen-bond acceptors (Lipinski definition) is 4. The molecule has 1 aromatic heterocycles. The van der Waals surface area contributed by atoms with Crippen molar-refractivity contribution in [1.82, 2.24) is 15.0 Å². The summed E-state index contributed by atoms with van der Waals surface area (Å²) in [5.41, 5.74) is 1.23. The fourth-order valence-electron chi connectivity index (χ4n) is 2.09. The van der Waals surface area contributed by atoms with Crippen LogP contribution in [0.4, 0.5) is 0 Å². The third-order valence-corrected chi connectivity index (χ3v) is 5.03. The Morgan fingerprint density at radius 3 is 2.58 bits per heavy atom. The van der Waals surface area contributed by atoms with Crippen LogP contribution in [0.1, 0.15) is 25.8 Å². The maximum Gasteiger partial charge on any atom is 0.258 e. The highest BCUT2D eigenvalue weighted by Gasteiger charge is 2.45. The van der Waals surface area contributed by atoms with Gasteiger partial charge in [-0.25, -0.2) is 18.1 Å². The summed E-state index contributed by atoms with van der Waals surface area (Å²) >= 11 is 0. The Labute approximate surface area is 114 Å². The van der Waals surface area contributed by atoms with Crippen molar-refractivity contribution in [2.24, 2.45) is 11.3 Å². The van der Waals surface area contributed by atoms with E-state index in [4.69, 9.17) is 0 Å². The van der Waals surface area contributed by atoms with E-state index < -0.39 is 10.0 Å². The average molecular weight is 283 g/mol. The Hall–Kier alpha value is -0.980. The molecular weight excluding hydrogens is 262 g/mol. The first-order valence-corrected chi connectivity index (χ1v) is 7.93. The highest BCUT2D eigenvalue weighted by atomic mass is 32.2. The molecule has 1 aliphatic rings. The van der Waals surface area contributed by atoms with Crippen molar-refractivity contribution in [3.8, 4) is 0 Å². The van der Waals surface area contributed by atoms with Crippen LogP contribution in [0.25, 0.3) is 0 Å². The topological polar surface area (TPSA) is 71.1 Å². The SMILES string of the molecule is CNCc1ccc(S(=O)(=O)NCC2CC2(C)C)nc1. The lowest BCUT2D eigenvalue weighted by atomic mass is 10.1. The number of rotatable bonds is 6. The molecule has 6 heteroatoms. The molecule has 1 heterocycles. The van der Waals surface area contributed by atoms with E-state index in [0.29, 0.717) is 19.0 Å².